The van der Waals surface area contributed by atoms with Gasteiger partial charge in [0.05, 0.1) is 17.1 Å². The molecule has 6 nitrogen and oxygen atoms in total. The Morgan fingerprint density at radius 2 is 1.76 bits per heavy atom. The molecule has 0 fully saturated rings. The Morgan fingerprint density at radius 3 is 2.40 bits per heavy atom. The fraction of sp³-hybridized carbons (Fsp3) is 0.474. The Hall–Kier alpha value is -1.86. The average Bonchev–Trinajstić information content (AvgIpc) is 3.01. The van der Waals surface area contributed by atoms with E-state index in [2.05, 4.69) is 23.0 Å². The molecule has 1 aliphatic heterocycles. The third-order valence-corrected chi connectivity index (χ3v) is 4.42. The van der Waals surface area contributed by atoms with Gasteiger partial charge in [-0.3, -0.25) is 4.98 Å². The molecule has 0 saturated heterocycles. The molecule has 1 aromatic heterocycles. The lowest BCUT2D eigenvalue weighted by Crippen LogP contribution is -2.56. The van der Waals surface area contributed by atoms with Crippen molar-refractivity contribution in [2.45, 2.75) is 40.1 Å². The van der Waals surface area contributed by atoms with Gasteiger partial charge in [0.2, 0.25) is 12.0 Å². The lowest BCUT2D eigenvalue weighted by atomic mass is 10.1. The first-order valence-electron chi connectivity index (χ1n) is 8.93. The number of pyridine rings is 1. The van der Waals surface area contributed by atoms with E-state index >= 15 is 0 Å². The van der Waals surface area contributed by atoms with Crippen molar-refractivity contribution in [3.8, 4) is 0 Å². The van der Waals surface area contributed by atoms with Gasteiger partial charge in [0.25, 0.3) is 0 Å². The summed E-state index contributed by atoms with van der Waals surface area (Å²) in [6, 6.07) is 8.04. The molecule has 0 amide bonds. The number of benzene rings is 1. The molecule has 0 aliphatic carbocycles. The lowest BCUT2D eigenvalue weighted by molar-refractivity contribution is -0.426. The maximum atomic E-state index is 6.52. The summed E-state index contributed by atoms with van der Waals surface area (Å²) in [7, 11) is 0. The predicted molar refractivity (Wildman–Crippen MR) is 99.6 cm³/mol. The van der Waals surface area contributed by atoms with E-state index in [4.69, 9.17) is 14.3 Å². The number of aliphatic imine (C=N–C) groups is 1. The number of para-hydroxylation sites is 1. The Balaban J connectivity index is 2.12. The summed E-state index contributed by atoms with van der Waals surface area (Å²) in [6.45, 7) is 9.59. The maximum Gasteiger partial charge on any atom is 0.335 e. The van der Waals surface area contributed by atoms with Crippen LogP contribution in [0.5, 0.6) is 0 Å². The van der Waals surface area contributed by atoms with Crippen LogP contribution in [0.4, 0.5) is 11.4 Å². The second kappa shape index (κ2) is 7.17. The van der Waals surface area contributed by atoms with Crippen molar-refractivity contribution in [2.75, 3.05) is 19.8 Å². The minimum atomic E-state index is -1.11. The molecular weight excluding hydrogens is 318 g/mol. The van der Waals surface area contributed by atoms with Crippen LogP contribution in [0, 0.1) is 0 Å². The summed E-state index contributed by atoms with van der Waals surface area (Å²) >= 11 is 0. The second-order valence-corrected chi connectivity index (χ2v) is 5.86. The van der Waals surface area contributed by atoms with Gasteiger partial charge in [0, 0.05) is 19.6 Å². The van der Waals surface area contributed by atoms with E-state index in [0.717, 1.165) is 22.3 Å². The smallest absolute Gasteiger partial charge is 0.324 e. The molecule has 6 heteroatoms. The normalized spacial score (nSPS) is 19.5. The summed E-state index contributed by atoms with van der Waals surface area (Å²) in [5, 5.41) is 1.03. The molecule has 0 N–H and O–H groups in total. The standard InChI is InChI=1S/C19H26N3O3/c1-5-19(23-7-3,24-8-4)25-22(6-2)14-21-17-13-20-16-12-10-9-11-15(16)18(17)22/h9-14H,5-8H2,1-4H3/q+1. The lowest BCUT2D eigenvalue weighted by Gasteiger charge is -2.37. The molecule has 0 saturated carbocycles. The minimum Gasteiger partial charge on any atom is -0.324 e. The molecule has 2 heterocycles. The van der Waals surface area contributed by atoms with Gasteiger partial charge in [-0.05, 0) is 32.9 Å². The molecule has 0 radical (unpaired) electrons. The highest BCUT2D eigenvalue weighted by Crippen LogP contribution is 2.45. The number of ether oxygens (including phenoxy) is 2. The van der Waals surface area contributed by atoms with E-state index in [1.54, 1.807) is 12.5 Å². The highest BCUT2D eigenvalue weighted by molar-refractivity contribution is 6.03. The number of hydrogen-bond donors (Lipinski definition) is 0. The van der Waals surface area contributed by atoms with Crippen LogP contribution >= 0.6 is 0 Å². The molecule has 0 spiro atoms. The molecule has 3 rings (SSSR count). The SMILES string of the molecule is CCOC(CC)(OCC)O[N+]1(CC)C=Nc2cnc3ccccc3c21. The molecule has 1 atom stereocenters. The fourth-order valence-corrected chi connectivity index (χ4v) is 3.25. The van der Waals surface area contributed by atoms with Crippen molar-refractivity contribution in [3.63, 3.8) is 0 Å². The monoisotopic (exact) mass is 344 g/mol. The Morgan fingerprint density at radius 1 is 1.04 bits per heavy atom. The van der Waals surface area contributed by atoms with Crippen molar-refractivity contribution in [3.05, 3.63) is 30.5 Å². The first-order chi connectivity index (χ1) is 12.1. The van der Waals surface area contributed by atoms with Crippen molar-refractivity contribution >= 4 is 28.6 Å². The van der Waals surface area contributed by atoms with Gasteiger partial charge >= 0.3 is 5.97 Å². The number of fused-ring (bicyclic) bond motifs is 3. The summed E-state index contributed by atoms with van der Waals surface area (Å²) in [5.41, 5.74) is 2.71. The third-order valence-electron chi connectivity index (χ3n) is 4.42. The Labute approximate surface area is 148 Å². The minimum absolute atomic E-state index is 0.117. The van der Waals surface area contributed by atoms with E-state index in [9.17, 15) is 0 Å². The van der Waals surface area contributed by atoms with Crippen molar-refractivity contribution < 1.29 is 14.3 Å². The van der Waals surface area contributed by atoms with Gasteiger partial charge in [-0.15, -0.1) is 4.84 Å². The van der Waals surface area contributed by atoms with Gasteiger partial charge in [0.15, 0.2) is 5.69 Å². The quantitative estimate of drug-likeness (QED) is 0.529. The van der Waals surface area contributed by atoms with Crippen LogP contribution in [0.25, 0.3) is 10.9 Å². The summed E-state index contributed by atoms with van der Waals surface area (Å²) in [6.07, 6.45) is 4.17. The number of hydroxylamine groups is 2. The molecule has 2 aromatic rings. The first kappa shape index (κ1) is 17.9. The van der Waals surface area contributed by atoms with Crippen molar-refractivity contribution in [2.24, 2.45) is 4.99 Å². The van der Waals surface area contributed by atoms with E-state index < -0.39 is 5.97 Å². The van der Waals surface area contributed by atoms with Crippen LogP contribution in [-0.4, -0.2) is 37.1 Å². The van der Waals surface area contributed by atoms with Gasteiger partial charge < -0.3 is 9.47 Å². The number of nitrogens with zero attached hydrogens (tertiary/aromatic N) is 3. The highest BCUT2D eigenvalue weighted by atomic mass is 16.9. The molecule has 134 valence electrons. The van der Waals surface area contributed by atoms with E-state index in [1.165, 1.54) is 0 Å². The van der Waals surface area contributed by atoms with Crippen LogP contribution in [0.3, 0.4) is 0 Å². The zero-order valence-corrected chi connectivity index (χ0v) is 15.4. The molecular formula is C19H26N3O3+. The molecule has 0 bridgehead atoms. The van der Waals surface area contributed by atoms with Crippen molar-refractivity contribution in [1.82, 2.24) is 9.63 Å². The van der Waals surface area contributed by atoms with Crippen LogP contribution in [0.2, 0.25) is 0 Å². The highest BCUT2D eigenvalue weighted by Gasteiger charge is 2.48. The summed E-state index contributed by atoms with van der Waals surface area (Å²) in [4.78, 5) is 15.6. The van der Waals surface area contributed by atoms with E-state index in [-0.39, 0.29) is 4.65 Å². The van der Waals surface area contributed by atoms with Gasteiger partial charge in [-0.25, -0.2) is 0 Å². The average molecular weight is 344 g/mol. The van der Waals surface area contributed by atoms with Crippen LogP contribution < -0.4 is 4.65 Å². The number of aromatic nitrogens is 1. The largest absolute Gasteiger partial charge is 0.335 e. The van der Waals surface area contributed by atoms with Crippen molar-refractivity contribution in [1.29, 1.82) is 0 Å². The zero-order valence-electron chi connectivity index (χ0n) is 15.4. The third kappa shape index (κ3) is 3.06. The number of quaternary nitrogens is 1. The summed E-state index contributed by atoms with van der Waals surface area (Å²) in [5.74, 6) is -1.11. The molecule has 1 unspecified atom stereocenters. The van der Waals surface area contributed by atoms with Gasteiger partial charge in [-0.2, -0.15) is 4.99 Å². The zero-order chi connectivity index (χ0) is 17.9. The molecule has 25 heavy (non-hydrogen) atoms. The predicted octanol–water partition coefficient (Wildman–Crippen LogP) is 4.30. The van der Waals surface area contributed by atoms with E-state index in [1.807, 2.05) is 39.0 Å². The topological polar surface area (TPSA) is 52.9 Å². The second-order valence-electron chi connectivity index (χ2n) is 5.86. The molecule has 1 aliphatic rings. The van der Waals surface area contributed by atoms with Crippen LogP contribution in [-0.2, 0) is 14.3 Å². The summed E-state index contributed by atoms with van der Waals surface area (Å²) < 4.78 is 11.9. The van der Waals surface area contributed by atoms with Gasteiger partial charge in [0.1, 0.15) is 6.54 Å². The first-order valence-corrected chi connectivity index (χ1v) is 8.93. The van der Waals surface area contributed by atoms with Crippen LogP contribution in [0.1, 0.15) is 34.1 Å². The number of hydrogen-bond acceptors (Lipinski definition) is 5. The molecule has 1 aromatic carbocycles. The fourth-order valence-electron chi connectivity index (χ4n) is 3.25. The Kier molecular flexibility index (Phi) is 5.15. The van der Waals surface area contributed by atoms with Gasteiger partial charge in [-0.1, -0.05) is 23.7 Å². The number of rotatable bonds is 8. The maximum absolute atomic E-state index is 6.52. The van der Waals surface area contributed by atoms with Crippen LogP contribution in [0.15, 0.2) is 35.5 Å². The Bertz CT molecular complexity index is 772. The van der Waals surface area contributed by atoms with E-state index in [0.29, 0.717) is 26.2 Å².